The largest absolute Gasteiger partial charge is 0.364 e. The van der Waals surface area contributed by atoms with Crippen LogP contribution in [0.1, 0.15) is 65.8 Å². The van der Waals surface area contributed by atoms with Gasteiger partial charge >= 0.3 is 0 Å². The molecule has 1 aromatic carbocycles. The minimum absolute atomic E-state index is 0.0351. The van der Waals surface area contributed by atoms with Crippen molar-refractivity contribution in [3.63, 3.8) is 0 Å². The van der Waals surface area contributed by atoms with Crippen molar-refractivity contribution in [2.75, 3.05) is 16.8 Å². The first-order valence-corrected chi connectivity index (χ1v) is 14.1. The van der Waals surface area contributed by atoms with Crippen molar-refractivity contribution in [3.05, 3.63) is 71.4 Å². The number of nitrogens with zero attached hydrogens (tertiary/aromatic N) is 5. The van der Waals surface area contributed by atoms with E-state index in [2.05, 4.69) is 56.9 Å². The van der Waals surface area contributed by atoms with Crippen LogP contribution in [0.4, 0.5) is 17.3 Å². The second-order valence-electron chi connectivity index (χ2n) is 12.1. The molecule has 0 bridgehead atoms. The van der Waals surface area contributed by atoms with E-state index in [9.17, 15) is 9.59 Å². The van der Waals surface area contributed by atoms with E-state index in [0.717, 1.165) is 48.8 Å². The van der Waals surface area contributed by atoms with Gasteiger partial charge in [-0.1, -0.05) is 19.9 Å². The summed E-state index contributed by atoms with van der Waals surface area (Å²) in [4.78, 5) is 41.3. The molecule has 6 rings (SSSR count). The van der Waals surface area contributed by atoms with Gasteiger partial charge in [0.25, 0.3) is 11.8 Å². The summed E-state index contributed by atoms with van der Waals surface area (Å²) in [6.45, 7) is 7.38. The molecule has 1 aliphatic carbocycles. The number of carbonyl (C=O) groups excluding carboxylic acids is 2. The fourth-order valence-electron chi connectivity index (χ4n) is 6.32. The maximum Gasteiger partial charge on any atom is 0.271 e. The molecule has 0 saturated carbocycles. The van der Waals surface area contributed by atoms with Crippen molar-refractivity contribution in [3.8, 4) is 0 Å². The molecule has 3 aromatic heterocycles. The summed E-state index contributed by atoms with van der Waals surface area (Å²) >= 11 is 0. The lowest BCUT2D eigenvalue weighted by atomic mass is 9.90. The highest BCUT2D eigenvalue weighted by atomic mass is 16.2. The molecule has 4 N–H and O–H groups in total. The molecule has 0 unspecified atom stereocenters. The van der Waals surface area contributed by atoms with Gasteiger partial charge in [0.15, 0.2) is 11.5 Å². The van der Waals surface area contributed by atoms with E-state index >= 15 is 0 Å². The minimum Gasteiger partial charge on any atom is -0.364 e. The van der Waals surface area contributed by atoms with Gasteiger partial charge in [0.1, 0.15) is 11.5 Å². The average Bonchev–Trinajstić information content (AvgIpc) is 3.41. The maximum atomic E-state index is 13.4. The normalized spacial score (nSPS) is 19.7. The summed E-state index contributed by atoms with van der Waals surface area (Å²) in [5.74, 6) is 0.190. The summed E-state index contributed by atoms with van der Waals surface area (Å²) < 4.78 is 2.06. The highest BCUT2D eigenvalue weighted by molar-refractivity contribution is 5.97. The van der Waals surface area contributed by atoms with Gasteiger partial charge in [-0.3, -0.25) is 14.6 Å². The van der Waals surface area contributed by atoms with Crippen molar-refractivity contribution in [1.29, 1.82) is 0 Å². The molecule has 0 spiro atoms. The SMILES string of the molecule is C[C@@H]1[C@H](NC(=O)c2cc3c(n2C)CC(C)(C)C3)CCCN1c1cnc(C(N)=O)c(Nc2ccc3ncccc3c2)n1. The number of fused-ring (bicyclic) bond motifs is 2. The zero-order valence-electron chi connectivity index (χ0n) is 23.9. The lowest BCUT2D eigenvalue weighted by Gasteiger charge is -2.40. The Hall–Kier alpha value is -4.47. The molecule has 212 valence electrons. The summed E-state index contributed by atoms with van der Waals surface area (Å²) in [6.07, 6.45) is 7.05. The quantitative estimate of drug-likeness (QED) is 0.328. The number of pyridine rings is 1. The van der Waals surface area contributed by atoms with Crippen LogP contribution >= 0.6 is 0 Å². The zero-order chi connectivity index (χ0) is 28.9. The number of piperidine rings is 1. The third kappa shape index (κ3) is 5.10. The molecule has 2 atom stereocenters. The number of primary amides is 1. The van der Waals surface area contributed by atoms with Gasteiger partial charge in [0.2, 0.25) is 0 Å². The maximum absolute atomic E-state index is 13.4. The van der Waals surface area contributed by atoms with Gasteiger partial charge in [-0.05, 0) is 73.9 Å². The second-order valence-corrected chi connectivity index (χ2v) is 12.1. The van der Waals surface area contributed by atoms with Gasteiger partial charge in [0.05, 0.1) is 11.7 Å². The van der Waals surface area contributed by atoms with E-state index < -0.39 is 5.91 Å². The second kappa shape index (κ2) is 10.2. The molecule has 0 radical (unpaired) electrons. The van der Waals surface area contributed by atoms with Crippen molar-refractivity contribution >= 4 is 40.0 Å². The molecular weight excluding hydrogens is 516 g/mol. The summed E-state index contributed by atoms with van der Waals surface area (Å²) in [5, 5.41) is 7.48. The fraction of sp³-hybridized carbons (Fsp3) is 0.387. The van der Waals surface area contributed by atoms with Crippen LogP contribution in [0.15, 0.2) is 48.8 Å². The Kier molecular flexibility index (Phi) is 6.63. The molecule has 1 aliphatic heterocycles. The predicted octanol–water partition coefficient (Wildman–Crippen LogP) is 4.12. The van der Waals surface area contributed by atoms with E-state index in [0.29, 0.717) is 11.5 Å². The van der Waals surface area contributed by atoms with Crippen molar-refractivity contribution in [2.45, 2.75) is 58.5 Å². The molecule has 1 fully saturated rings. The molecule has 2 amide bonds. The number of anilines is 3. The third-order valence-electron chi connectivity index (χ3n) is 8.45. The molecule has 1 saturated heterocycles. The topological polar surface area (TPSA) is 131 Å². The highest BCUT2D eigenvalue weighted by Gasteiger charge is 2.35. The number of nitrogens with two attached hydrogens (primary N) is 1. The molecule has 41 heavy (non-hydrogen) atoms. The van der Waals surface area contributed by atoms with Gasteiger partial charge in [-0.25, -0.2) is 9.97 Å². The Bertz CT molecular complexity index is 1660. The highest BCUT2D eigenvalue weighted by Crippen LogP contribution is 2.37. The first kappa shape index (κ1) is 26.7. The monoisotopic (exact) mass is 552 g/mol. The Labute approximate surface area is 239 Å². The van der Waals surface area contributed by atoms with Gasteiger partial charge < -0.3 is 25.8 Å². The first-order valence-electron chi connectivity index (χ1n) is 14.1. The van der Waals surface area contributed by atoms with Crippen molar-refractivity contribution in [1.82, 2.24) is 24.8 Å². The Morgan fingerprint density at radius 3 is 2.73 bits per heavy atom. The minimum atomic E-state index is -0.663. The van der Waals surface area contributed by atoms with Crippen LogP contribution in [0.2, 0.25) is 0 Å². The number of rotatable bonds is 6. The van der Waals surface area contributed by atoms with Crippen LogP contribution in [-0.4, -0.2) is 50.0 Å². The standard InChI is InChI=1S/C31H36N8O2/c1-18-22(36-30(41)24-14-20-15-31(2,3)16-25(20)38(24)4)8-6-12-39(18)26-17-34-27(28(32)40)29(37-26)35-21-9-10-23-19(13-21)7-5-11-33-23/h5,7,9-11,13-14,17-18,22H,6,8,12,15-16H2,1-4H3,(H2,32,40)(H,35,37)(H,36,41)/t18-,22-/m1/s1. The van der Waals surface area contributed by atoms with E-state index in [1.54, 1.807) is 12.4 Å². The number of aromatic nitrogens is 4. The molecule has 10 nitrogen and oxygen atoms in total. The van der Waals surface area contributed by atoms with E-state index in [-0.39, 0.29) is 34.9 Å². The third-order valence-corrected chi connectivity index (χ3v) is 8.45. The summed E-state index contributed by atoms with van der Waals surface area (Å²) in [7, 11) is 1.99. The Morgan fingerprint density at radius 2 is 1.95 bits per heavy atom. The molecular formula is C31H36N8O2. The number of hydrogen-bond donors (Lipinski definition) is 3. The smallest absolute Gasteiger partial charge is 0.271 e. The van der Waals surface area contributed by atoms with Gasteiger partial charge in [-0.15, -0.1) is 0 Å². The van der Waals surface area contributed by atoms with Crippen molar-refractivity contribution < 1.29 is 9.59 Å². The van der Waals surface area contributed by atoms with Crippen LogP contribution in [0.3, 0.4) is 0 Å². The van der Waals surface area contributed by atoms with Gasteiger partial charge in [-0.2, -0.15) is 0 Å². The van der Waals surface area contributed by atoms with Gasteiger partial charge in [0, 0.05) is 48.6 Å². The van der Waals surface area contributed by atoms with E-state index in [1.807, 2.05) is 37.4 Å². The summed E-state index contributed by atoms with van der Waals surface area (Å²) in [6, 6.07) is 11.5. The zero-order valence-corrected chi connectivity index (χ0v) is 23.9. The number of benzene rings is 1. The first-order chi connectivity index (χ1) is 19.6. The lowest BCUT2D eigenvalue weighted by Crippen LogP contribution is -2.54. The molecule has 2 aliphatic rings. The Morgan fingerprint density at radius 1 is 1.12 bits per heavy atom. The molecule has 4 aromatic rings. The fourth-order valence-corrected chi connectivity index (χ4v) is 6.32. The van der Waals surface area contributed by atoms with Crippen LogP contribution < -0.4 is 21.3 Å². The molecule has 4 heterocycles. The van der Waals surface area contributed by atoms with E-state index in [1.165, 1.54) is 11.3 Å². The van der Waals surface area contributed by atoms with Crippen LogP contribution in [-0.2, 0) is 19.9 Å². The molecule has 10 heteroatoms. The lowest BCUT2D eigenvalue weighted by molar-refractivity contribution is 0.0914. The number of nitrogens with one attached hydrogen (secondary N) is 2. The van der Waals surface area contributed by atoms with Crippen molar-refractivity contribution in [2.24, 2.45) is 18.2 Å². The van der Waals surface area contributed by atoms with Crippen LogP contribution in [0, 0.1) is 5.41 Å². The number of amides is 2. The van der Waals surface area contributed by atoms with E-state index in [4.69, 9.17) is 10.7 Å². The average molecular weight is 553 g/mol. The number of carbonyl (C=O) groups is 2. The number of hydrogen-bond acceptors (Lipinski definition) is 7. The van der Waals surface area contributed by atoms with Crippen LogP contribution in [0.25, 0.3) is 10.9 Å². The predicted molar refractivity (Wildman–Crippen MR) is 159 cm³/mol. The van der Waals surface area contributed by atoms with Crippen LogP contribution in [0.5, 0.6) is 0 Å². The Balaban J connectivity index is 1.22. The summed E-state index contributed by atoms with van der Waals surface area (Å²) in [5.41, 5.74) is 10.8.